The molecule has 1 saturated heterocycles. The highest BCUT2D eigenvalue weighted by molar-refractivity contribution is 6.30. The summed E-state index contributed by atoms with van der Waals surface area (Å²) in [5.41, 5.74) is -0.493. The molecule has 7 heteroatoms. The molecule has 0 atom stereocenters. The molecule has 0 saturated carbocycles. The van der Waals surface area contributed by atoms with Gasteiger partial charge in [0.1, 0.15) is 0 Å². The van der Waals surface area contributed by atoms with E-state index in [1.807, 2.05) is 0 Å². The minimum absolute atomic E-state index is 0.0281. The number of hydrogen-bond acceptors (Lipinski definition) is 3. The summed E-state index contributed by atoms with van der Waals surface area (Å²) in [6.07, 6.45) is -4.43. The second-order valence-corrected chi connectivity index (χ2v) is 5.53. The van der Waals surface area contributed by atoms with Crippen LogP contribution in [0.2, 0.25) is 5.02 Å². The van der Waals surface area contributed by atoms with Gasteiger partial charge in [0.25, 0.3) is 0 Å². The topological polar surface area (TPSA) is 30.5 Å². The van der Waals surface area contributed by atoms with Crippen LogP contribution < -0.4 is 5.32 Å². The summed E-state index contributed by atoms with van der Waals surface area (Å²) < 4.78 is 49.0. The SMILES string of the molecule is CC1(C)OCC(Nc2cc(Cl)cc(C(F)(F)F)c2)CO1. The van der Waals surface area contributed by atoms with E-state index in [1.165, 1.54) is 6.07 Å². The molecule has 0 unspecified atom stereocenters. The molecular weight excluding hydrogens is 295 g/mol. The summed E-state index contributed by atoms with van der Waals surface area (Å²) in [6, 6.07) is 3.13. The zero-order chi connectivity index (χ0) is 15.0. The van der Waals surface area contributed by atoms with Crippen LogP contribution in [0.15, 0.2) is 18.2 Å². The van der Waals surface area contributed by atoms with Gasteiger partial charge < -0.3 is 14.8 Å². The number of benzene rings is 1. The van der Waals surface area contributed by atoms with Crippen LogP contribution >= 0.6 is 11.6 Å². The Morgan fingerprint density at radius 3 is 2.35 bits per heavy atom. The molecule has 1 aromatic rings. The standard InChI is InChI=1S/C13H15ClF3NO2/c1-12(2)19-6-11(7-20-12)18-10-4-8(13(15,16)17)3-9(14)5-10/h3-5,11,18H,6-7H2,1-2H3. The van der Waals surface area contributed by atoms with Gasteiger partial charge in [0.2, 0.25) is 0 Å². The smallest absolute Gasteiger partial charge is 0.378 e. The van der Waals surface area contributed by atoms with Crippen molar-refractivity contribution in [1.82, 2.24) is 0 Å². The fourth-order valence-electron chi connectivity index (χ4n) is 1.85. The zero-order valence-electron chi connectivity index (χ0n) is 11.1. The van der Waals surface area contributed by atoms with Crippen molar-refractivity contribution in [3.63, 3.8) is 0 Å². The predicted molar refractivity (Wildman–Crippen MR) is 69.8 cm³/mol. The molecule has 1 heterocycles. The van der Waals surface area contributed by atoms with E-state index in [4.69, 9.17) is 21.1 Å². The van der Waals surface area contributed by atoms with Crippen LogP contribution in [0, 0.1) is 0 Å². The Balaban J connectivity index is 2.09. The Kier molecular flexibility index (Phi) is 4.18. The molecule has 1 aliphatic heterocycles. The molecular formula is C13H15ClF3NO2. The van der Waals surface area contributed by atoms with E-state index < -0.39 is 17.5 Å². The third-order valence-corrected chi connectivity index (χ3v) is 3.08. The number of ether oxygens (including phenoxy) is 2. The first-order valence-corrected chi connectivity index (χ1v) is 6.46. The molecule has 1 fully saturated rings. The van der Waals surface area contributed by atoms with E-state index in [1.54, 1.807) is 13.8 Å². The van der Waals surface area contributed by atoms with Gasteiger partial charge in [0, 0.05) is 10.7 Å². The predicted octanol–water partition coefficient (Wildman–Crippen LogP) is 3.92. The van der Waals surface area contributed by atoms with Gasteiger partial charge in [-0.1, -0.05) is 11.6 Å². The van der Waals surface area contributed by atoms with Gasteiger partial charge in [0.15, 0.2) is 5.79 Å². The van der Waals surface area contributed by atoms with Gasteiger partial charge >= 0.3 is 6.18 Å². The Morgan fingerprint density at radius 2 is 1.80 bits per heavy atom. The average molecular weight is 310 g/mol. The van der Waals surface area contributed by atoms with Gasteiger partial charge in [-0.05, 0) is 32.0 Å². The summed E-state index contributed by atoms with van der Waals surface area (Å²) in [5.74, 6) is -0.663. The molecule has 0 aromatic heterocycles. The number of hydrogen-bond donors (Lipinski definition) is 1. The highest BCUT2D eigenvalue weighted by atomic mass is 35.5. The number of nitrogens with one attached hydrogen (secondary N) is 1. The molecule has 0 spiro atoms. The molecule has 0 radical (unpaired) electrons. The van der Waals surface area contributed by atoms with Gasteiger partial charge in [0.05, 0.1) is 24.8 Å². The lowest BCUT2D eigenvalue weighted by Crippen LogP contribution is -2.45. The maximum absolute atomic E-state index is 12.7. The molecule has 0 amide bonds. The molecule has 3 nitrogen and oxygen atoms in total. The first kappa shape index (κ1) is 15.4. The maximum Gasteiger partial charge on any atom is 0.416 e. The van der Waals surface area contributed by atoms with Crippen molar-refractivity contribution >= 4 is 17.3 Å². The number of anilines is 1. The fraction of sp³-hybridized carbons (Fsp3) is 0.538. The van der Waals surface area contributed by atoms with Crippen molar-refractivity contribution < 1.29 is 22.6 Å². The molecule has 0 aliphatic carbocycles. The third kappa shape index (κ3) is 4.01. The average Bonchev–Trinajstić information content (AvgIpc) is 2.30. The van der Waals surface area contributed by atoms with Crippen molar-refractivity contribution in [2.24, 2.45) is 0 Å². The second kappa shape index (κ2) is 5.42. The summed E-state index contributed by atoms with van der Waals surface area (Å²) in [5, 5.41) is 2.97. The van der Waals surface area contributed by atoms with E-state index in [0.717, 1.165) is 12.1 Å². The highest BCUT2D eigenvalue weighted by Crippen LogP contribution is 2.33. The lowest BCUT2D eigenvalue weighted by molar-refractivity contribution is -0.247. The number of alkyl halides is 3. The minimum atomic E-state index is -4.43. The molecule has 0 bridgehead atoms. The van der Waals surface area contributed by atoms with Crippen LogP contribution in [-0.2, 0) is 15.7 Å². The van der Waals surface area contributed by atoms with Crippen LogP contribution in [0.5, 0.6) is 0 Å². The Labute approximate surface area is 120 Å². The maximum atomic E-state index is 12.7. The second-order valence-electron chi connectivity index (χ2n) is 5.09. The monoisotopic (exact) mass is 309 g/mol. The number of halogens is 4. The fourth-order valence-corrected chi connectivity index (χ4v) is 2.08. The molecule has 1 aliphatic rings. The Bertz CT molecular complexity index is 481. The van der Waals surface area contributed by atoms with Crippen molar-refractivity contribution in [2.45, 2.75) is 31.9 Å². The molecule has 112 valence electrons. The highest BCUT2D eigenvalue weighted by Gasteiger charge is 2.32. The summed E-state index contributed by atoms with van der Waals surface area (Å²) in [6.45, 7) is 4.26. The first-order chi connectivity index (χ1) is 9.16. The van der Waals surface area contributed by atoms with Crippen molar-refractivity contribution in [3.05, 3.63) is 28.8 Å². The van der Waals surface area contributed by atoms with Crippen LogP contribution in [0.4, 0.5) is 18.9 Å². The van der Waals surface area contributed by atoms with E-state index >= 15 is 0 Å². The molecule has 1 aromatic carbocycles. The van der Waals surface area contributed by atoms with E-state index in [0.29, 0.717) is 18.9 Å². The van der Waals surface area contributed by atoms with Crippen molar-refractivity contribution in [1.29, 1.82) is 0 Å². The summed E-state index contributed by atoms with van der Waals surface area (Å²) >= 11 is 5.72. The normalized spacial score (nSPS) is 19.9. The van der Waals surface area contributed by atoms with Gasteiger partial charge in [-0.25, -0.2) is 0 Å². The molecule has 20 heavy (non-hydrogen) atoms. The minimum Gasteiger partial charge on any atom is -0.378 e. The van der Waals surface area contributed by atoms with E-state index in [2.05, 4.69) is 5.32 Å². The Morgan fingerprint density at radius 1 is 1.20 bits per heavy atom. The quantitative estimate of drug-likeness (QED) is 0.898. The van der Waals surface area contributed by atoms with Gasteiger partial charge in [-0.3, -0.25) is 0 Å². The van der Waals surface area contributed by atoms with Crippen LogP contribution in [-0.4, -0.2) is 25.0 Å². The molecule has 1 N–H and O–H groups in total. The van der Waals surface area contributed by atoms with Crippen LogP contribution in [0.3, 0.4) is 0 Å². The summed E-state index contributed by atoms with van der Waals surface area (Å²) in [4.78, 5) is 0. The largest absolute Gasteiger partial charge is 0.416 e. The number of rotatable bonds is 2. The van der Waals surface area contributed by atoms with Crippen molar-refractivity contribution in [2.75, 3.05) is 18.5 Å². The molecule has 2 rings (SSSR count). The first-order valence-electron chi connectivity index (χ1n) is 6.08. The van der Waals surface area contributed by atoms with Crippen molar-refractivity contribution in [3.8, 4) is 0 Å². The van der Waals surface area contributed by atoms with Crippen LogP contribution in [0.25, 0.3) is 0 Å². The van der Waals surface area contributed by atoms with E-state index in [9.17, 15) is 13.2 Å². The third-order valence-electron chi connectivity index (χ3n) is 2.86. The summed E-state index contributed by atoms with van der Waals surface area (Å²) in [7, 11) is 0. The lowest BCUT2D eigenvalue weighted by Gasteiger charge is -2.35. The van der Waals surface area contributed by atoms with Gasteiger partial charge in [-0.2, -0.15) is 13.2 Å². The van der Waals surface area contributed by atoms with Gasteiger partial charge in [-0.15, -0.1) is 0 Å². The van der Waals surface area contributed by atoms with Crippen LogP contribution in [0.1, 0.15) is 19.4 Å². The zero-order valence-corrected chi connectivity index (χ0v) is 11.8. The Hall–Kier alpha value is -0.980. The lowest BCUT2D eigenvalue weighted by atomic mass is 10.1. The van der Waals surface area contributed by atoms with E-state index in [-0.39, 0.29) is 11.1 Å².